The fourth-order valence-electron chi connectivity index (χ4n) is 1.83. The van der Waals surface area contributed by atoms with Crippen molar-refractivity contribution in [2.75, 3.05) is 7.11 Å². The second-order valence-electron chi connectivity index (χ2n) is 4.46. The molecule has 0 aliphatic rings. The maximum Gasteiger partial charge on any atom is 0.338 e. The quantitative estimate of drug-likeness (QED) is 0.887. The molecule has 0 unspecified atom stereocenters. The first-order valence-corrected chi connectivity index (χ1v) is 6.32. The van der Waals surface area contributed by atoms with Crippen LogP contribution in [0.2, 0.25) is 0 Å². The van der Waals surface area contributed by atoms with Gasteiger partial charge in [-0.15, -0.1) is 0 Å². The van der Waals surface area contributed by atoms with Gasteiger partial charge < -0.3 is 14.6 Å². The summed E-state index contributed by atoms with van der Waals surface area (Å²) in [6.07, 6.45) is 0. The zero-order valence-corrected chi connectivity index (χ0v) is 11.5. The average molecular weight is 290 g/mol. The van der Waals surface area contributed by atoms with Gasteiger partial charge >= 0.3 is 5.97 Å². The van der Waals surface area contributed by atoms with Crippen molar-refractivity contribution in [1.29, 1.82) is 0 Å². The van der Waals surface area contributed by atoms with Gasteiger partial charge in [-0.25, -0.2) is 9.18 Å². The molecule has 0 aliphatic carbocycles. The maximum atomic E-state index is 13.5. The van der Waals surface area contributed by atoms with Crippen molar-refractivity contribution in [3.05, 3.63) is 65.0 Å². The van der Waals surface area contributed by atoms with E-state index in [4.69, 9.17) is 14.6 Å². The molecule has 21 heavy (non-hydrogen) atoms. The monoisotopic (exact) mass is 290 g/mol. The second kappa shape index (κ2) is 6.85. The Bertz CT molecular complexity index is 623. The highest BCUT2D eigenvalue weighted by molar-refractivity contribution is 5.87. The number of carboxylic acid groups (broad SMARTS) is 1. The van der Waals surface area contributed by atoms with Gasteiger partial charge in [0.2, 0.25) is 0 Å². The molecule has 5 heteroatoms. The molecule has 0 aromatic heterocycles. The maximum absolute atomic E-state index is 13.5. The summed E-state index contributed by atoms with van der Waals surface area (Å²) in [5, 5.41) is 8.74. The zero-order valence-electron chi connectivity index (χ0n) is 11.5. The van der Waals surface area contributed by atoms with Crippen LogP contribution in [-0.4, -0.2) is 18.2 Å². The summed E-state index contributed by atoms with van der Waals surface area (Å²) in [5.74, 6) is -1.27. The predicted molar refractivity (Wildman–Crippen MR) is 74.8 cm³/mol. The van der Waals surface area contributed by atoms with Crippen molar-refractivity contribution >= 4 is 5.97 Å². The summed E-state index contributed by atoms with van der Waals surface area (Å²) in [6.45, 7) is 0.592. The minimum Gasteiger partial charge on any atom is -0.497 e. The number of hydrogen-bond donors (Lipinski definition) is 1. The Labute approximate surface area is 121 Å². The van der Waals surface area contributed by atoms with Crippen LogP contribution in [0.3, 0.4) is 0 Å². The van der Waals surface area contributed by atoms with Crippen LogP contribution in [0, 0.1) is 5.82 Å². The molecule has 0 heterocycles. The molecule has 0 amide bonds. The van der Waals surface area contributed by atoms with E-state index in [1.54, 1.807) is 13.2 Å². The van der Waals surface area contributed by atoms with Crippen LogP contribution >= 0.6 is 0 Å². The molecule has 1 N–H and O–H groups in total. The lowest BCUT2D eigenvalue weighted by Crippen LogP contribution is -2.02. The van der Waals surface area contributed by atoms with Crippen molar-refractivity contribution in [3.8, 4) is 5.75 Å². The van der Waals surface area contributed by atoms with Crippen LogP contribution in [0.4, 0.5) is 4.39 Å². The predicted octanol–water partition coefficient (Wildman–Crippen LogP) is 3.25. The highest BCUT2D eigenvalue weighted by Crippen LogP contribution is 2.14. The number of carboxylic acids is 1. The van der Waals surface area contributed by atoms with Crippen LogP contribution in [0.15, 0.2) is 42.5 Å². The van der Waals surface area contributed by atoms with E-state index in [9.17, 15) is 9.18 Å². The summed E-state index contributed by atoms with van der Waals surface area (Å²) >= 11 is 0. The molecule has 2 rings (SSSR count). The van der Waals surface area contributed by atoms with Gasteiger partial charge in [0.25, 0.3) is 0 Å². The normalized spacial score (nSPS) is 10.4. The Balaban J connectivity index is 1.91. The number of hydrogen-bond acceptors (Lipinski definition) is 3. The molecule has 0 spiro atoms. The highest BCUT2D eigenvalue weighted by Gasteiger charge is 2.10. The summed E-state index contributed by atoms with van der Waals surface area (Å²) in [7, 11) is 1.60. The highest BCUT2D eigenvalue weighted by atomic mass is 19.1. The number of halogens is 1. The summed E-state index contributed by atoms with van der Waals surface area (Å²) < 4.78 is 24.0. The largest absolute Gasteiger partial charge is 0.497 e. The summed E-state index contributed by atoms with van der Waals surface area (Å²) in [6, 6.07) is 11.4. The molecule has 0 saturated heterocycles. The molecule has 0 atom stereocenters. The van der Waals surface area contributed by atoms with Crippen molar-refractivity contribution in [3.63, 3.8) is 0 Å². The number of benzene rings is 2. The minimum atomic E-state index is -1.28. The molecule has 110 valence electrons. The number of methoxy groups -OCH3 is 1. The summed E-state index contributed by atoms with van der Waals surface area (Å²) in [5.41, 5.74) is 1.22. The lowest BCUT2D eigenvalue weighted by atomic mass is 10.1. The topological polar surface area (TPSA) is 55.8 Å². The van der Waals surface area contributed by atoms with Gasteiger partial charge in [0.1, 0.15) is 11.6 Å². The first-order valence-electron chi connectivity index (χ1n) is 6.32. The van der Waals surface area contributed by atoms with Crippen molar-refractivity contribution in [2.24, 2.45) is 0 Å². The fraction of sp³-hybridized carbons (Fsp3) is 0.188. The Morgan fingerprint density at radius 3 is 2.29 bits per heavy atom. The third-order valence-corrected chi connectivity index (χ3v) is 2.96. The molecule has 4 nitrogen and oxygen atoms in total. The number of carbonyl (C=O) groups is 1. The smallest absolute Gasteiger partial charge is 0.338 e. The molecule has 0 saturated carbocycles. The fourth-order valence-corrected chi connectivity index (χ4v) is 1.83. The molecule has 0 aliphatic heterocycles. The van der Waals surface area contributed by atoms with Crippen LogP contribution in [0.5, 0.6) is 5.75 Å². The van der Waals surface area contributed by atoms with E-state index >= 15 is 0 Å². The first-order chi connectivity index (χ1) is 10.1. The van der Waals surface area contributed by atoms with E-state index in [0.717, 1.165) is 11.3 Å². The molecule has 0 fully saturated rings. The Kier molecular flexibility index (Phi) is 4.90. The standard InChI is InChI=1S/C16H15FO4/c1-20-13-5-2-11(3-6-13)9-21-10-12-4-7-14(16(18)19)15(17)8-12/h2-8H,9-10H2,1H3,(H,18,19). The second-order valence-corrected chi connectivity index (χ2v) is 4.46. The molecule has 2 aromatic carbocycles. The average Bonchev–Trinajstić information content (AvgIpc) is 2.47. The number of rotatable bonds is 6. The van der Waals surface area contributed by atoms with E-state index in [1.165, 1.54) is 12.1 Å². The van der Waals surface area contributed by atoms with Gasteiger partial charge in [-0.05, 0) is 35.4 Å². The van der Waals surface area contributed by atoms with Crippen LogP contribution in [-0.2, 0) is 18.0 Å². The summed E-state index contributed by atoms with van der Waals surface area (Å²) in [4.78, 5) is 10.7. The Hall–Kier alpha value is -2.40. The van der Waals surface area contributed by atoms with Crippen LogP contribution < -0.4 is 4.74 Å². The first kappa shape index (κ1) is 15.0. The SMILES string of the molecule is COc1ccc(COCc2ccc(C(=O)O)c(F)c2)cc1. The van der Waals surface area contributed by atoms with Gasteiger partial charge in [-0.1, -0.05) is 18.2 Å². The molecule has 0 bridgehead atoms. The van der Waals surface area contributed by atoms with E-state index in [1.807, 2.05) is 24.3 Å². The van der Waals surface area contributed by atoms with Crippen molar-refractivity contribution < 1.29 is 23.8 Å². The molecule has 0 radical (unpaired) electrons. The third kappa shape index (κ3) is 4.03. The van der Waals surface area contributed by atoms with Crippen LogP contribution in [0.25, 0.3) is 0 Å². The lowest BCUT2D eigenvalue weighted by molar-refractivity contribution is 0.0691. The zero-order chi connectivity index (χ0) is 15.2. The Morgan fingerprint density at radius 1 is 1.10 bits per heavy atom. The molecular formula is C16H15FO4. The number of aromatic carboxylic acids is 1. The van der Waals surface area contributed by atoms with Gasteiger partial charge in [0.05, 0.1) is 25.9 Å². The van der Waals surface area contributed by atoms with E-state index in [-0.39, 0.29) is 12.2 Å². The third-order valence-electron chi connectivity index (χ3n) is 2.96. The van der Waals surface area contributed by atoms with Crippen LogP contribution in [0.1, 0.15) is 21.5 Å². The van der Waals surface area contributed by atoms with Gasteiger partial charge in [-0.3, -0.25) is 0 Å². The van der Waals surface area contributed by atoms with Crippen molar-refractivity contribution in [2.45, 2.75) is 13.2 Å². The number of ether oxygens (including phenoxy) is 2. The molecule has 2 aromatic rings. The molecular weight excluding hydrogens is 275 g/mol. The van der Waals surface area contributed by atoms with E-state index < -0.39 is 11.8 Å². The van der Waals surface area contributed by atoms with E-state index in [0.29, 0.717) is 12.2 Å². The lowest BCUT2D eigenvalue weighted by Gasteiger charge is -2.07. The van der Waals surface area contributed by atoms with Gasteiger partial charge in [0, 0.05) is 0 Å². The van der Waals surface area contributed by atoms with Gasteiger partial charge in [-0.2, -0.15) is 0 Å². The minimum absolute atomic E-state index is 0.211. The van der Waals surface area contributed by atoms with Gasteiger partial charge in [0.15, 0.2) is 0 Å². The van der Waals surface area contributed by atoms with Crippen molar-refractivity contribution in [1.82, 2.24) is 0 Å². The van der Waals surface area contributed by atoms with E-state index in [2.05, 4.69) is 0 Å². The Morgan fingerprint density at radius 2 is 1.71 bits per heavy atom.